The van der Waals surface area contributed by atoms with Crippen molar-refractivity contribution in [3.8, 4) is 0 Å². The first-order valence-electron chi connectivity index (χ1n) is 10.4. The Balaban J connectivity index is 1.44. The van der Waals surface area contributed by atoms with Gasteiger partial charge in [-0.3, -0.25) is 14.7 Å². The Hall–Kier alpha value is -2.87. The molecule has 0 aliphatic carbocycles. The second-order valence-electron chi connectivity index (χ2n) is 7.99. The third-order valence-corrected chi connectivity index (χ3v) is 6.74. The molecule has 5 rings (SSSR count). The van der Waals surface area contributed by atoms with Gasteiger partial charge in [0.1, 0.15) is 9.71 Å². The SMILES string of the molecule is CN(C)C(=O)c1sc2ncccc2c1C1CN(Cc2ccc3ccccc3n2)CCO1. The molecule has 0 spiro atoms. The predicted molar refractivity (Wildman–Crippen MR) is 123 cm³/mol. The van der Waals surface area contributed by atoms with Gasteiger partial charge in [-0.2, -0.15) is 0 Å². The highest BCUT2D eigenvalue weighted by Crippen LogP contribution is 2.38. The van der Waals surface area contributed by atoms with E-state index < -0.39 is 0 Å². The number of para-hydroxylation sites is 1. The first-order chi connectivity index (χ1) is 15.1. The highest BCUT2D eigenvalue weighted by Gasteiger charge is 2.30. The quantitative estimate of drug-likeness (QED) is 0.486. The minimum atomic E-state index is -0.175. The van der Waals surface area contributed by atoms with Crippen LogP contribution in [0, 0.1) is 0 Å². The molecule has 1 aliphatic rings. The number of aromatic nitrogens is 2. The molecule has 4 aromatic rings. The lowest BCUT2D eigenvalue weighted by Crippen LogP contribution is -2.38. The van der Waals surface area contributed by atoms with E-state index in [1.165, 1.54) is 11.3 Å². The molecule has 1 saturated heterocycles. The molecule has 1 unspecified atom stereocenters. The molecule has 7 heteroatoms. The van der Waals surface area contributed by atoms with Gasteiger partial charge in [-0.05, 0) is 18.2 Å². The average Bonchev–Trinajstić information content (AvgIpc) is 3.18. The summed E-state index contributed by atoms with van der Waals surface area (Å²) >= 11 is 1.45. The summed E-state index contributed by atoms with van der Waals surface area (Å²) in [6, 6.07) is 16.3. The molecule has 1 aliphatic heterocycles. The smallest absolute Gasteiger partial charge is 0.263 e. The fourth-order valence-electron chi connectivity index (χ4n) is 4.08. The van der Waals surface area contributed by atoms with Crippen LogP contribution in [0.4, 0.5) is 0 Å². The number of amides is 1. The second kappa shape index (κ2) is 8.34. The minimum absolute atomic E-state index is 0.00470. The van der Waals surface area contributed by atoms with Gasteiger partial charge in [-0.1, -0.05) is 30.3 Å². The maximum absolute atomic E-state index is 12.9. The molecule has 4 heterocycles. The van der Waals surface area contributed by atoms with Crippen molar-refractivity contribution >= 4 is 38.4 Å². The lowest BCUT2D eigenvalue weighted by atomic mass is 10.0. The Morgan fingerprint density at radius 1 is 1.19 bits per heavy atom. The summed E-state index contributed by atoms with van der Waals surface area (Å²) in [6.45, 7) is 2.92. The van der Waals surface area contributed by atoms with Crippen LogP contribution in [0.5, 0.6) is 0 Å². The van der Waals surface area contributed by atoms with Crippen molar-refractivity contribution in [1.29, 1.82) is 0 Å². The number of morpholine rings is 1. The van der Waals surface area contributed by atoms with Gasteiger partial charge in [0.05, 0.1) is 23.9 Å². The molecule has 3 aromatic heterocycles. The van der Waals surface area contributed by atoms with Gasteiger partial charge in [-0.25, -0.2) is 4.98 Å². The summed E-state index contributed by atoms with van der Waals surface area (Å²) in [6.07, 6.45) is 1.59. The van der Waals surface area contributed by atoms with Crippen LogP contribution in [-0.4, -0.2) is 59.5 Å². The van der Waals surface area contributed by atoms with E-state index in [0.29, 0.717) is 13.2 Å². The van der Waals surface area contributed by atoms with Crippen molar-refractivity contribution in [1.82, 2.24) is 19.8 Å². The zero-order chi connectivity index (χ0) is 21.4. The number of rotatable bonds is 4. The molecular weight excluding hydrogens is 408 g/mol. The first kappa shape index (κ1) is 20.1. The summed E-state index contributed by atoms with van der Waals surface area (Å²) < 4.78 is 6.19. The number of hydrogen-bond acceptors (Lipinski definition) is 6. The van der Waals surface area contributed by atoms with Gasteiger partial charge in [0.25, 0.3) is 5.91 Å². The third kappa shape index (κ3) is 3.92. The zero-order valence-corrected chi connectivity index (χ0v) is 18.4. The van der Waals surface area contributed by atoms with Crippen LogP contribution in [0.15, 0.2) is 54.7 Å². The van der Waals surface area contributed by atoms with Crippen LogP contribution in [0.25, 0.3) is 21.1 Å². The number of pyridine rings is 2. The Morgan fingerprint density at radius 2 is 2.06 bits per heavy atom. The van der Waals surface area contributed by atoms with Gasteiger partial charge < -0.3 is 9.64 Å². The molecule has 0 saturated carbocycles. The lowest BCUT2D eigenvalue weighted by molar-refractivity contribution is -0.0327. The average molecular weight is 433 g/mol. The molecular formula is C24H24N4O2S. The Morgan fingerprint density at radius 3 is 2.94 bits per heavy atom. The van der Waals surface area contributed by atoms with E-state index in [4.69, 9.17) is 9.72 Å². The van der Waals surface area contributed by atoms with Crippen LogP contribution in [0.1, 0.15) is 27.0 Å². The largest absolute Gasteiger partial charge is 0.371 e. The Kier molecular flexibility index (Phi) is 5.40. The van der Waals surface area contributed by atoms with E-state index in [2.05, 4.69) is 28.1 Å². The molecule has 1 aromatic carbocycles. The summed E-state index contributed by atoms with van der Waals surface area (Å²) in [4.78, 5) is 27.8. The van der Waals surface area contributed by atoms with E-state index in [1.807, 2.05) is 30.3 Å². The van der Waals surface area contributed by atoms with Gasteiger partial charge in [-0.15, -0.1) is 11.3 Å². The molecule has 31 heavy (non-hydrogen) atoms. The fraction of sp³-hybridized carbons (Fsp3) is 0.292. The molecule has 0 radical (unpaired) electrons. The molecule has 1 fully saturated rings. The molecule has 0 N–H and O–H groups in total. The van der Waals surface area contributed by atoms with E-state index >= 15 is 0 Å². The minimum Gasteiger partial charge on any atom is -0.371 e. The maximum Gasteiger partial charge on any atom is 0.263 e. The number of fused-ring (bicyclic) bond motifs is 2. The number of nitrogens with zero attached hydrogens (tertiary/aromatic N) is 4. The highest BCUT2D eigenvalue weighted by atomic mass is 32.1. The molecule has 1 amide bonds. The fourth-order valence-corrected chi connectivity index (χ4v) is 5.30. The van der Waals surface area contributed by atoms with Gasteiger partial charge in [0.2, 0.25) is 0 Å². The van der Waals surface area contributed by atoms with E-state index in [1.54, 1.807) is 25.2 Å². The van der Waals surface area contributed by atoms with Crippen LogP contribution in [0.3, 0.4) is 0 Å². The Bertz CT molecular complexity index is 1250. The second-order valence-corrected chi connectivity index (χ2v) is 8.99. The monoisotopic (exact) mass is 432 g/mol. The summed E-state index contributed by atoms with van der Waals surface area (Å²) in [7, 11) is 3.56. The van der Waals surface area contributed by atoms with Crippen LogP contribution < -0.4 is 0 Å². The molecule has 1 atom stereocenters. The normalized spacial score (nSPS) is 17.3. The predicted octanol–water partition coefficient (Wildman–Crippen LogP) is 4.12. The number of ether oxygens (including phenoxy) is 1. The Labute approximate surface area is 185 Å². The maximum atomic E-state index is 12.9. The van der Waals surface area contributed by atoms with Crippen molar-refractivity contribution in [2.24, 2.45) is 0 Å². The van der Waals surface area contributed by atoms with Gasteiger partial charge >= 0.3 is 0 Å². The van der Waals surface area contributed by atoms with Gasteiger partial charge in [0.15, 0.2) is 0 Å². The highest BCUT2D eigenvalue weighted by molar-refractivity contribution is 7.20. The lowest BCUT2D eigenvalue weighted by Gasteiger charge is -2.33. The number of hydrogen-bond donors (Lipinski definition) is 0. The zero-order valence-electron chi connectivity index (χ0n) is 17.6. The molecule has 158 valence electrons. The van der Waals surface area contributed by atoms with Crippen LogP contribution in [0.2, 0.25) is 0 Å². The van der Waals surface area contributed by atoms with Gasteiger partial charge in [0, 0.05) is 56.3 Å². The van der Waals surface area contributed by atoms with Crippen LogP contribution >= 0.6 is 11.3 Å². The van der Waals surface area contributed by atoms with Crippen LogP contribution in [-0.2, 0) is 11.3 Å². The molecule has 0 bridgehead atoms. The third-order valence-electron chi connectivity index (χ3n) is 5.62. The summed E-state index contributed by atoms with van der Waals surface area (Å²) in [5, 5.41) is 2.16. The summed E-state index contributed by atoms with van der Waals surface area (Å²) in [5.41, 5.74) is 3.02. The van der Waals surface area contributed by atoms with Crippen molar-refractivity contribution < 1.29 is 9.53 Å². The van der Waals surface area contributed by atoms with E-state index in [-0.39, 0.29) is 12.0 Å². The number of thiophene rings is 1. The number of benzene rings is 1. The van der Waals surface area contributed by atoms with E-state index in [9.17, 15) is 4.79 Å². The summed E-state index contributed by atoms with van der Waals surface area (Å²) in [5.74, 6) is -0.00470. The number of carbonyl (C=O) groups is 1. The van der Waals surface area contributed by atoms with E-state index in [0.717, 1.165) is 50.3 Å². The molecule has 6 nitrogen and oxygen atoms in total. The topological polar surface area (TPSA) is 58.6 Å². The van der Waals surface area contributed by atoms with Crippen molar-refractivity contribution in [3.63, 3.8) is 0 Å². The van der Waals surface area contributed by atoms with Crippen molar-refractivity contribution in [3.05, 3.63) is 70.9 Å². The van der Waals surface area contributed by atoms with Crippen molar-refractivity contribution in [2.45, 2.75) is 12.6 Å². The first-order valence-corrected chi connectivity index (χ1v) is 11.2. The number of carbonyl (C=O) groups excluding carboxylic acids is 1. The van der Waals surface area contributed by atoms with Crippen molar-refractivity contribution in [2.75, 3.05) is 33.8 Å². The standard InChI is InChI=1S/C24H24N4O2S/c1-27(2)24(29)22-21(18-7-5-11-25-23(18)31-22)20-15-28(12-13-30-20)14-17-10-9-16-6-3-4-8-19(16)26-17/h3-11,20H,12-15H2,1-2H3.